The fourth-order valence-corrected chi connectivity index (χ4v) is 2.45. The lowest BCUT2D eigenvalue weighted by molar-refractivity contribution is 0.615. The third-order valence-corrected chi connectivity index (χ3v) is 3.68. The molecule has 0 saturated heterocycles. The van der Waals surface area contributed by atoms with E-state index in [1.807, 2.05) is 54.6 Å². The lowest BCUT2D eigenvalue weighted by Gasteiger charge is -2.05. The van der Waals surface area contributed by atoms with Crippen molar-refractivity contribution in [3.63, 3.8) is 0 Å². The first-order valence-corrected chi connectivity index (χ1v) is 8.78. The van der Waals surface area contributed by atoms with E-state index in [1.54, 1.807) is 0 Å². The van der Waals surface area contributed by atoms with Crippen LogP contribution in [-0.2, 0) is 0 Å². The summed E-state index contributed by atoms with van der Waals surface area (Å²) in [4.78, 5) is 0. The molecule has 2 aromatic rings. The normalized spacial score (nSPS) is 11.0. The zero-order valence-corrected chi connectivity index (χ0v) is 14.8. The van der Waals surface area contributed by atoms with Crippen molar-refractivity contribution in [2.45, 2.75) is 0 Å². The second kappa shape index (κ2) is 8.71. The highest BCUT2D eigenvalue weighted by Gasteiger charge is 2.00. The lowest BCUT2D eigenvalue weighted by atomic mass is 10.1. The summed E-state index contributed by atoms with van der Waals surface area (Å²) in [6, 6.07) is 13.5. The van der Waals surface area contributed by atoms with Gasteiger partial charge < -0.3 is 13.6 Å². The van der Waals surface area contributed by atoms with Gasteiger partial charge in [0.1, 0.15) is 34.1 Å². The maximum atomic E-state index is 5.40. The van der Waals surface area contributed by atoms with Crippen molar-refractivity contribution in [3.05, 3.63) is 53.6 Å². The van der Waals surface area contributed by atoms with Crippen molar-refractivity contribution in [2.24, 2.45) is 0 Å². The van der Waals surface area contributed by atoms with Crippen LogP contribution in [-0.4, -0.2) is 12.6 Å². The van der Waals surface area contributed by atoms with Crippen LogP contribution in [0.1, 0.15) is 11.1 Å². The van der Waals surface area contributed by atoms with E-state index in [0.29, 0.717) is 22.6 Å². The highest BCUT2D eigenvalue weighted by Crippen LogP contribution is 2.27. The summed E-state index contributed by atoms with van der Waals surface area (Å²) in [5.41, 5.74) is 2.05. The highest BCUT2D eigenvalue weighted by molar-refractivity contribution is 7.31. The molecular weight excluding hydrogens is 333 g/mol. The summed E-state index contributed by atoms with van der Waals surface area (Å²) >= 11 is 0. The largest absolute Gasteiger partial charge is 0.480 e. The van der Waals surface area contributed by atoms with Crippen molar-refractivity contribution >= 4 is 51.1 Å². The van der Waals surface area contributed by atoms with Gasteiger partial charge in [0.15, 0.2) is 0 Å². The molecule has 0 aliphatic heterocycles. The molecule has 0 N–H and O–H groups in total. The van der Waals surface area contributed by atoms with Gasteiger partial charge in [0.2, 0.25) is 0 Å². The zero-order valence-electron chi connectivity index (χ0n) is 11.8. The predicted molar refractivity (Wildman–Crippen MR) is 101 cm³/mol. The topological polar surface area (TPSA) is 27.7 Å². The van der Waals surface area contributed by atoms with E-state index in [2.05, 4.69) is 22.1 Å². The highest BCUT2D eigenvalue weighted by atomic mass is 31.1. The summed E-state index contributed by atoms with van der Waals surface area (Å²) in [6.45, 7) is 0. The third kappa shape index (κ3) is 4.97. The molecule has 112 valence electrons. The Hall–Kier alpha value is -1.65. The monoisotopic (exact) mass is 348 g/mol. The van der Waals surface area contributed by atoms with Crippen molar-refractivity contribution in [2.75, 3.05) is 0 Å². The predicted octanol–water partition coefficient (Wildman–Crippen LogP) is 5.37. The van der Waals surface area contributed by atoms with Gasteiger partial charge in [0.05, 0.1) is 9.47 Å². The molecule has 0 amide bonds. The van der Waals surface area contributed by atoms with Crippen LogP contribution in [0, 0.1) is 0 Å². The Morgan fingerprint density at radius 2 is 1.36 bits per heavy atom. The van der Waals surface area contributed by atoms with Crippen LogP contribution in [0.5, 0.6) is 17.2 Å². The average Bonchev–Trinajstić information content (AvgIpc) is 2.54. The van der Waals surface area contributed by atoms with Gasteiger partial charge >= 0.3 is 0 Å². The number of rotatable bonds is 7. The fraction of sp³-hybridized carbons (Fsp3) is 0. The molecule has 22 heavy (non-hydrogen) atoms. The van der Waals surface area contributed by atoms with Gasteiger partial charge in [0.25, 0.3) is 0 Å². The quantitative estimate of drug-likeness (QED) is 0.497. The van der Waals surface area contributed by atoms with E-state index in [0.717, 1.165) is 22.6 Å². The van der Waals surface area contributed by atoms with Crippen molar-refractivity contribution in [1.29, 1.82) is 0 Å². The Balaban J connectivity index is 2.19. The maximum absolute atomic E-state index is 5.40. The van der Waals surface area contributed by atoms with Gasteiger partial charge in [-0.25, -0.2) is 0 Å². The molecule has 0 spiro atoms. The summed E-state index contributed by atoms with van der Waals surface area (Å²) in [6.07, 6.45) is 11.3. The average molecular weight is 348 g/mol. The molecule has 0 radical (unpaired) electrons. The van der Waals surface area contributed by atoms with Gasteiger partial charge in [-0.3, -0.25) is 0 Å². The van der Waals surface area contributed by atoms with Crippen molar-refractivity contribution in [1.82, 2.24) is 0 Å². The molecule has 2 rings (SSSR count). The van der Waals surface area contributed by atoms with Crippen LogP contribution < -0.4 is 13.6 Å². The summed E-state index contributed by atoms with van der Waals surface area (Å²) < 4.78 is 15.9. The third-order valence-electron chi connectivity index (χ3n) is 2.73. The van der Waals surface area contributed by atoms with Crippen LogP contribution in [0.2, 0.25) is 0 Å². The minimum absolute atomic E-state index is 0.597. The molecule has 0 aliphatic rings. The molecule has 0 fully saturated rings. The number of benzene rings is 2. The van der Waals surface area contributed by atoms with E-state index >= 15 is 0 Å². The molecular formula is C16H15O3P3. The standard InChI is InChI=1S/C16H15O3P3/c1-21-18-14-7-5-12(6-8-14)3-4-13-9-15(17-20)11-16(10-13)19-22-2/h3-11H,1-2,20H2/b4-3+. The van der Waals surface area contributed by atoms with E-state index in [-0.39, 0.29) is 0 Å². The van der Waals surface area contributed by atoms with Crippen molar-refractivity contribution < 1.29 is 13.6 Å². The molecule has 3 nitrogen and oxygen atoms in total. The Morgan fingerprint density at radius 1 is 0.773 bits per heavy atom. The molecule has 1 unspecified atom stereocenters. The van der Waals surface area contributed by atoms with E-state index in [9.17, 15) is 0 Å². The summed E-state index contributed by atoms with van der Waals surface area (Å²) in [7, 11) is 3.47. The summed E-state index contributed by atoms with van der Waals surface area (Å²) in [5.74, 6) is 2.23. The van der Waals surface area contributed by atoms with Gasteiger partial charge in [-0.05, 0) is 48.0 Å². The number of hydrogen-bond acceptors (Lipinski definition) is 3. The van der Waals surface area contributed by atoms with Gasteiger partial charge in [-0.15, -0.1) is 0 Å². The molecule has 0 saturated carbocycles. The second-order valence-corrected chi connectivity index (χ2v) is 5.32. The smallest absolute Gasteiger partial charge is 0.135 e. The minimum Gasteiger partial charge on any atom is -0.480 e. The first kappa shape index (κ1) is 16.7. The Bertz CT molecular complexity index is 682. The Kier molecular flexibility index (Phi) is 6.62. The van der Waals surface area contributed by atoms with Crippen LogP contribution >= 0.6 is 26.3 Å². The molecule has 0 bridgehead atoms. The number of hydrogen-bond donors (Lipinski definition) is 0. The molecule has 0 aliphatic carbocycles. The molecule has 6 heteroatoms. The molecule has 2 aromatic carbocycles. The lowest BCUT2D eigenvalue weighted by Crippen LogP contribution is -1.82. The van der Waals surface area contributed by atoms with Gasteiger partial charge in [-0.2, -0.15) is 0 Å². The van der Waals surface area contributed by atoms with Crippen LogP contribution in [0.3, 0.4) is 0 Å². The molecule has 0 heterocycles. The first-order valence-electron chi connectivity index (χ1n) is 6.31. The SMILES string of the molecule is C=POc1ccc(/C=C/c2cc(OP)cc(OP=C)c2)cc1. The maximum Gasteiger partial charge on any atom is 0.135 e. The molecule has 0 aromatic heterocycles. The fourth-order valence-electron chi connectivity index (χ4n) is 1.79. The Labute approximate surface area is 136 Å². The second-order valence-electron chi connectivity index (χ2n) is 4.20. The van der Waals surface area contributed by atoms with Crippen LogP contribution in [0.4, 0.5) is 0 Å². The first-order chi connectivity index (χ1) is 10.7. The summed E-state index contributed by atoms with van der Waals surface area (Å²) in [5, 5.41) is 0. The molecule has 1 atom stereocenters. The minimum atomic E-state index is 0.597. The van der Waals surface area contributed by atoms with Crippen molar-refractivity contribution in [3.8, 4) is 17.2 Å². The van der Waals surface area contributed by atoms with Crippen LogP contribution in [0.15, 0.2) is 42.5 Å². The van der Waals surface area contributed by atoms with E-state index in [4.69, 9.17) is 13.6 Å². The Morgan fingerprint density at radius 3 is 2.00 bits per heavy atom. The van der Waals surface area contributed by atoms with Crippen LogP contribution in [0.25, 0.3) is 12.2 Å². The van der Waals surface area contributed by atoms with Gasteiger partial charge in [0, 0.05) is 6.07 Å². The van der Waals surface area contributed by atoms with Gasteiger partial charge in [-0.1, -0.05) is 24.3 Å². The zero-order chi connectivity index (χ0) is 15.8. The van der Waals surface area contributed by atoms with E-state index < -0.39 is 0 Å². The van der Waals surface area contributed by atoms with E-state index in [1.165, 1.54) is 0 Å².